The molecule has 148 valence electrons. The minimum atomic E-state index is -3.89. The fourth-order valence-electron chi connectivity index (χ4n) is 3.68. The Morgan fingerprint density at radius 1 is 1.07 bits per heavy atom. The van der Waals surface area contributed by atoms with Crippen molar-refractivity contribution in [2.24, 2.45) is 5.73 Å². The van der Waals surface area contributed by atoms with E-state index in [2.05, 4.69) is 0 Å². The number of sulfonamides is 1. The SMILES string of the molecule is CC(=O)[N+]1(Cc2ccccc2)CCN(S(=O)(=O)c2ccccc2)C(C(N)=O)C1. The molecule has 2 amide bonds. The number of carbonyl (C=O) groups is 2. The molecule has 2 N–H and O–H groups in total. The van der Waals surface area contributed by atoms with Gasteiger partial charge in [-0.05, 0) is 12.1 Å². The number of nitrogens with two attached hydrogens (primary N) is 1. The van der Waals surface area contributed by atoms with E-state index in [-0.39, 0.29) is 34.9 Å². The topological polar surface area (TPSA) is 97.5 Å². The van der Waals surface area contributed by atoms with E-state index in [1.165, 1.54) is 19.1 Å². The molecule has 0 spiro atoms. The number of quaternary nitrogens is 1. The van der Waals surface area contributed by atoms with Gasteiger partial charge < -0.3 is 5.73 Å². The molecular weight excluding hydrogens is 378 g/mol. The van der Waals surface area contributed by atoms with Crippen molar-refractivity contribution in [3.63, 3.8) is 0 Å². The Hall–Kier alpha value is -2.55. The van der Waals surface area contributed by atoms with E-state index in [9.17, 15) is 18.0 Å². The maximum absolute atomic E-state index is 13.1. The van der Waals surface area contributed by atoms with Crippen molar-refractivity contribution in [1.82, 2.24) is 4.31 Å². The lowest BCUT2D eigenvalue weighted by molar-refractivity contribution is -0.873. The van der Waals surface area contributed by atoms with E-state index < -0.39 is 22.0 Å². The molecule has 7 nitrogen and oxygen atoms in total. The van der Waals surface area contributed by atoms with E-state index in [4.69, 9.17) is 5.73 Å². The smallest absolute Gasteiger partial charge is 0.310 e. The highest BCUT2D eigenvalue weighted by molar-refractivity contribution is 7.89. The Balaban J connectivity index is 1.95. The zero-order valence-corrected chi connectivity index (χ0v) is 16.5. The van der Waals surface area contributed by atoms with Crippen molar-refractivity contribution in [3.05, 3.63) is 66.2 Å². The van der Waals surface area contributed by atoms with Crippen molar-refractivity contribution >= 4 is 21.8 Å². The van der Waals surface area contributed by atoms with Gasteiger partial charge in [-0.2, -0.15) is 4.31 Å². The second-order valence-electron chi connectivity index (χ2n) is 7.06. The number of piperazine rings is 1. The molecule has 1 heterocycles. The highest BCUT2D eigenvalue weighted by Crippen LogP contribution is 2.27. The van der Waals surface area contributed by atoms with Gasteiger partial charge in [0.25, 0.3) is 0 Å². The summed E-state index contributed by atoms with van der Waals surface area (Å²) in [5.74, 6) is -0.872. The summed E-state index contributed by atoms with van der Waals surface area (Å²) in [6.45, 7) is 2.20. The summed E-state index contributed by atoms with van der Waals surface area (Å²) in [6, 6.07) is 16.3. The highest BCUT2D eigenvalue weighted by Gasteiger charge is 2.49. The number of nitrogens with zero attached hydrogens (tertiary/aromatic N) is 2. The number of hydrogen-bond acceptors (Lipinski definition) is 4. The summed E-state index contributed by atoms with van der Waals surface area (Å²) in [7, 11) is -3.89. The minimum absolute atomic E-state index is 0.0154. The van der Waals surface area contributed by atoms with Crippen molar-refractivity contribution in [1.29, 1.82) is 0 Å². The molecule has 2 aromatic carbocycles. The van der Waals surface area contributed by atoms with Crippen molar-refractivity contribution in [2.45, 2.75) is 24.4 Å². The predicted octanol–water partition coefficient (Wildman–Crippen LogP) is 1.11. The van der Waals surface area contributed by atoms with Crippen LogP contribution in [0.3, 0.4) is 0 Å². The lowest BCUT2D eigenvalue weighted by Crippen LogP contribution is -2.68. The van der Waals surface area contributed by atoms with Crippen molar-refractivity contribution < 1.29 is 22.5 Å². The van der Waals surface area contributed by atoms with E-state index in [1.807, 2.05) is 30.3 Å². The van der Waals surface area contributed by atoms with Gasteiger partial charge in [0.2, 0.25) is 15.9 Å². The summed E-state index contributed by atoms with van der Waals surface area (Å²) in [6.07, 6.45) is 0. The number of primary amides is 1. The fraction of sp³-hybridized carbons (Fsp3) is 0.300. The zero-order valence-electron chi connectivity index (χ0n) is 15.7. The molecule has 2 atom stereocenters. The standard InChI is InChI=1S/C20H23N3O4S/c1-16(24)23(14-17-8-4-2-5-9-17)13-12-22(19(15-23)20(21)25)28(26,27)18-10-6-3-7-11-18/h2-11,19H,12-15H2,1H3,(H-,21,25)/p+1. The lowest BCUT2D eigenvalue weighted by atomic mass is 10.1. The fourth-order valence-corrected chi connectivity index (χ4v) is 5.28. The first-order valence-corrected chi connectivity index (χ1v) is 10.5. The van der Waals surface area contributed by atoms with Crippen LogP contribution in [0.15, 0.2) is 65.6 Å². The second kappa shape index (κ2) is 7.83. The van der Waals surface area contributed by atoms with Crippen LogP contribution in [0.5, 0.6) is 0 Å². The summed E-state index contributed by atoms with van der Waals surface area (Å²) in [5.41, 5.74) is 6.53. The maximum atomic E-state index is 13.1. The van der Waals surface area contributed by atoms with Gasteiger partial charge in [-0.15, -0.1) is 0 Å². The number of carbonyl (C=O) groups excluding carboxylic acids is 2. The Bertz CT molecular complexity index is 963. The van der Waals surface area contributed by atoms with Gasteiger partial charge in [0.05, 0.1) is 24.9 Å². The molecule has 8 heteroatoms. The van der Waals surface area contributed by atoms with Gasteiger partial charge in [-0.3, -0.25) is 9.28 Å². The van der Waals surface area contributed by atoms with Crippen molar-refractivity contribution in [2.75, 3.05) is 19.6 Å². The molecule has 0 aliphatic carbocycles. The number of amides is 2. The minimum Gasteiger partial charge on any atom is -0.368 e. The number of benzene rings is 2. The average molecular weight is 402 g/mol. The molecule has 1 saturated heterocycles. The number of hydrogen-bond donors (Lipinski definition) is 1. The van der Waals surface area contributed by atoms with Gasteiger partial charge in [0.15, 0.2) is 6.04 Å². The van der Waals surface area contributed by atoms with Crippen molar-refractivity contribution in [3.8, 4) is 0 Å². The van der Waals surface area contributed by atoms with E-state index >= 15 is 0 Å². The summed E-state index contributed by atoms with van der Waals surface area (Å²) < 4.78 is 27.3. The van der Waals surface area contributed by atoms with Crippen LogP contribution in [0, 0.1) is 0 Å². The molecule has 3 rings (SSSR count). The summed E-state index contributed by atoms with van der Waals surface area (Å²) in [5, 5.41) is 0. The molecule has 1 aliphatic rings. The first-order valence-electron chi connectivity index (χ1n) is 9.04. The molecule has 28 heavy (non-hydrogen) atoms. The molecule has 0 radical (unpaired) electrons. The molecular formula is C20H24N3O4S+. The molecule has 0 aromatic heterocycles. The normalized spacial score (nSPS) is 23.2. The average Bonchev–Trinajstić information content (AvgIpc) is 2.69. The van der Waals surface area contributed by atoms with Crippen LogP contribution in [0.25, 0.3) is 0 Å². The third-order valence-electron chi connectivity index (χ3n) is 5.29. The first kappa shape index (κ1) is 20.2. The third kappa shape index (κ3) is 3.84. The molecule has 0 bridgehead atoms. The van der Waals surface area contributed by atoms with Crippen LogP contribution in [-0.2, 0) is 26.2 Å². The lowest BCUT2D eigenvalue weighted by Gasteiger charge is -2.44. The van der Waals surface area contributed by atoms with Crippen LogP contribution in [0.4, 0.5) is 0 Å². The van der Waals surface area contributed by atoms with Crippen LogP contribution in [-0.4, -0.2) is 54.7 Å². The Labute approximate surface area is 165 Å². The monoisotopic (exact) mass is 402 g/mol. The third-order valence-corrected chi connectivity index (χ3v) is 7.22. The van der Waals surface area contributed by atoms with Gasteiger partial charge in [0, 0.05) is 5.56 Å². The van der Waals surface area contributed by atoms with Gasteiger partial charge in [-0.1, -0.05) is 48.5 Å². The van der Waals surface area contributed by atoms with Crippen LogP contribution in [0.1, 0.15) is 12.5 Å². The second-order valence-corrected chi connectivity index (χ2v) is 8.95. The largest absolute Gasteiger partial charge is 0.368 e. The van der Waals surface area contributed by atoms with Crippen LogP contribution in [0.2, 0.25) is 0 Å². The molecule has 1 fully saturated rings. The van der Waals surface area contributed by atoms with E-state index in [0.29, 0.717) is 6.54 Å². The maximum Gasteiger partial charge on any atom is 0.310 e. The molecule has 0 saturated carbocycles. The Morgan fingerprint density at radius 2 is 1.64 bits per heavy atom. The molecule has 2 unspecified atom stereocenters. The van der Waals surface area contributed by atoms with Gasteiger partial charge >= 0.3 is 5.91 Å². The van der Waals surface area contributed by atoms with Crippen LogP contribution < -0.4 is 5.73 Å². The van der Waals surface area contributed by atoms with Crippen LogP contribution >= 0.6 is 0 Å². The summed E-state index contributed by atoms with van der Waals surface area (Å²) in [4.78, 5) is 24.9. The Kier molecular flexibility index (Phi) is 5.64. The first-order chi connectivity index (χ1) is 13.3. The highest BCUT2D eigenvalue weighted by atomic mass is 32.2. The van der Waals surface area contributed by atoms with Gasteiger partial charge in [0.1, 0.15) is 13.1 Å². The number of rotatable bonds is 5. The van der Waals surface area contributed by atoms with Gasteiger partial charge in [-0.25, -0.2) is 13.2 Å². The van der Waals surface area contributed by atoms with E-state index in [1.54, 1.807) is 18.2 Å². The Morgan fingerprint density at radius 3 is 2.18 bits per heavy atom. The molecule has 2 aromatic rings. The van der Waals surface area contributed by atoms with E-state index in [0.717, 1.165) is 9.87 Å². The predicted molar refractivity (Wildman–Crippen MR) is 104 cm³/mol. The quantitative estimate of drug-likeness (QED) is 0.758. The molecule has 1 aliphatic heterocycles. The summed E-state index contributed by atoms with van der Waals surface area (Å²) >= 11 is 0. The zero-order chi connectivity index (χ0) is 20.4.